The third-order valence-corrected chi connectivity index (χ3v) is 3.64. The summed E-state index contributed by atoms with van der Waals surface area (Å²) in [6, 6.07) is 8.79. The van der Waals surface area contributed by atoms with Crippen molar-refractivity contribution >= 4 is 6.29 Å². The lowest BCUT2D eigenvalue weighted by Crippen LogP contribution is -2.15. The van der Waals surface area contributed by atoms with Crippen LogP contribution in [0.4, 0.5) is 0 Å². The van der Waals surface area contributed by atoms with E-state index in [0.717, 1.165) is 17.5 Å². The van der Waals surface area contributed by atoms with E-state index in [0.29, 0.717) is 17.8 Å². The highest BCUT2D eigenvalue weighted by atomic mass is 16.3. The van der Waals surface area contributed by atoms with Gasteiger partial charge in [0.05, 0.1) is 0 Å². The smallest absolute Gasteiger partial charge is 0.185 e. The van der Waals surface area contributed by atoms with Gasteiger partial charge in [-0.1, -0.05) is 20.8 Å². The minimum Gasteiger partial charge on any atom is -0.508 e. The normalized spacial score (nSPS) is 11.5. The highest BCUT2D eigenvalue weighted by molar-refractivity contribution is 5.73. The average Bonchev–Trinajstić information content (AvgIpc) is 2.88. The van der Waals surface area contributed by atoms with Crippen molar-refractivity contribution in [2.24, 2.45) is 0 Å². The molecule has 0 radical (unpaired) electrons. The van der Waals surface area contributed by atoms with Gasteiger partial charge in [0, 0.05) is 11.1 Å². The van der Waals surface area contributed by atoms with Gasteiger partial charge in [0.2, 0.25) is 0 Å². The number of furan rings is 1. The number of rotatable bonds is 4. The van der Waals surface area contributed by atoms with Crippen molar-refractivity contribution in [3.05, 3.63) is 41.7 Å². The highest BCUT2D eigenvalue weighted by Gasteiger charge is 2.22. The van der Waals surface area contributed by atoms with Gasteiger partial charge in [0.15, 0.2) is 12.0 Å². The van der Waals surface area contributed by atoms with Gasteiger partial charge < -0.3 is 9.52 Å². The number of aromatic hydroxyl groups is 1. The first kappa shape index (κ1) is 13.4. The lowest BCUT2D eigenvalue weighted by molar-refractivity contribution is 0.110. The van der Waals surface area contributed by atoms with Gasteiger partial charge in [0.1, 0.15) is 11.5 Å². The second-order valence-electron chi connectivity index (χ2n) is 5.29. The van der Waals surface area contributed by atoms with Crippen LogP contribution < -0.4 is 0 Å². The van der Waals surface area contributed by atoms with Crippen LogP contribution in [0, 0.1) is 0 Å². The van der Waals surface area contributed by atoms with Crippen molar-refractivity contribution < 1.29 is 14.3 Å². The summed E-state index contributed by atoms with van der Waals surface area (Å²) >= 11 is 0. The van der Waals surface area contributed by atoms with Crippen LogP contribution in [0.25, 0.3) is 11.3 Å². The van der Waals surface area contributed by atoms with E-state index in [2.05, 4.69) is 20.8 Å². The Hall–Kier alpha value is -2.03. The zero-order valence-electron chi connectivity index (χ0n) is 11.4. The van der Waals surface area contributed by atoms with Crippen LogP contribution in [0.5, 0.6) is 5.75 Å². The molecule has 3 nitrogen and oxygen atoms in total. The third kappa shape index (κ3) is 2.55. The molecule has 0 saturated carbocycles. The Morgan fingerprint density at radius 3 is 2.58 bits per heavy atom. The first-order chi connectivity index (χ1) is 8.97. The summed E-state index contributed by atoms with van der Waals surface area (Å²) in [5.74, 6) is 1.23. The number of aldehydes is 1. The summed E-state index contributed by atoms with van der Waals surface area (Å²) in [5.41, 5.74) is 1.64. The number of phenolic OH excluding ortho intramolecular Hbond substituents is 1. The topological polar surface area (TPSA) is 50.4 Å². The molecule has 1 N–H and O–H groups in total. The van der Waals surface area contributed by atoms with Crippen molar-refractivity contribution in [2.45, 2.75) is 32.6 Å². The summed E-state index contributed by atoms with van der Waals surface area (Å²) in [5, 5.41) is 10.0. The molecule has 0 unspecified atom stereocenters. The van der Waals surface area contributed by atoms with Crippen molar-refractivity contribution in [3.8, 4) is 17.1 Å². The first-order valence-electron chi connectivity index (χ1n) is 6.37. The molecule has 0 saturated heterocycles. The Labute approximate surface area is 112 Å². The second kappa shape index (κ2) is 4.92. The van der Waals surface area contributed by atoms with Crippen molar-refractivity contribution in [1.29, 1.82) is 0 Å². The molecule has 0 atom stereocenters. The minimum atomic E-state index is -0.111. The van der Waals surface area contributed by atoms with Crippen LogP contribution in [0.3, 0.4) is 0 Å². The maximum atomic E-state index is 10.6. The molecule has 2 rings (SSSR count). The van der Waals surface area contributed by atoms with Crippen molar-refractivity contribution in [2.75, 3.05) is 0 Å². The van der Waals surface area contributed by atoms with Gasteiger partial charge in [-0.15, -0.1) is 0 Å². The maximum absolute atomic E-state index is 10.6. The molecule has 1 aromatic heterocycles. The standard InChI is InChI=1S/C16H18O3/c1-4-16(2,3)13-9-11(5-7-14(13)18)15-8-6-12(10-17)19-15/h5-10,18H,4H2,1-3H3. The molecule has 0 amide bonds. The third-order valence-electron chi connectivity index (χ3n) is 3.64. The molecule has 0 fully saturated rings. The van der Waals surface area contributed by atoms with Gasteiger partial charge in [-0.05, 0) is 42.2 Å². The Balaban J connectivity index is 2.49. The monoisotopic (exact) mass is 258 g/mol. The van der Waals surface area contributed by atoms with Crippen LogP contribution in [-0.2, 0) is 5.41 Å². The number of benzene rings is 1. The Morgan fingerprint density at radius 2 is 2.00 bits per heavy atom. The molecule has 0 aliphatic heterocycles. The second-order valence-corrected chi connectivity index (χ2v) is 5.29. The summed E-state index contributed by atoms with van der Waals surface area (Å²) in [7, 11) is 0. The molecule has 100 valence electrons. The van der Waals surface area contributed by atoms with E-state index in [-0.39, 0.29) is 11.2 Å². The lowest BCUT2D eigenvalue weighted by atomic mass is 9.81. The number of carbonyl (C=O) groups is 1. The molecule has 19 heavy (non-hydrogen) atoms. The average molecular weight is 258 g/mol. The first-order valence-corrected chi connectivity index (χ1v) is 6.37. The quantitative estimate of drug-likeness (QED) is 0.838. The van der Waals surface area contributed by atoms with E-state index in [1.54, 1.807) is 24.3 Å². The van der Waals surface area contributed by atoms with E-state index in [1.165, 1.54) is 0 Å². The fraction of sp³-hybridized carbons (Fsp3) is 0.312. The van der Waals surface area contributed by atoms with E-state index in [1.807, 2.05) is 6.07 Å². The summed E-state index contributed by atoms with van der Waals surface area (Å²) < 4.78 is 5.41. The Bertz CT molecular complexity index is 594. The number of hydrogen-bond acceptors (Lipinski definition) is 3. The largest absolute Gasteiger partial charge is 0.508 e. The molecule has 2 aromatic rings. The molecule has 0 aliphatic carbocycles. The summed E-state index contributed by atoms with van der Waals surface area (Å²) in [6.07, 6.45) is 1.60. The minimum absolute atomic E-state index is 0.111. The van der Waals surface area contributed by atoms with Crippen LogP contribution in [-0.4, -0.2) is 11.4 Å². The predicted octanol–water partition coefficient (Wildman–Crippen LogP) is 4.15. The van der Waals surface area contributed by atoms with Crippen LogP contribution in [0.1, 0.15) is 43.3 Å². The molecular formula is C16H18O3. The molecular weight excluding hydrogens is 240 g/mol. The van der Waals surface area contributed by atoms with Crippen molar-refractivity contribution in [1.82, 2.24) is 0 Å². The van der Waals surface area contributed by atoms with Gasteiger partial charge in [-0.3, -0.25) is 4.79 Å². The highest BCUT2D eigenvalue weighted by Crippen LogP contribution is 2.36. The van der Waals surface area contributed by atoms with E-state index >= 15 is 0 Å². The number of carbonyl (C=O) groups excluding carboxylic acids is 1. The van der Waals surface area contributed by atoms with Gasteiger partial charge in [0.25, 0.3) is 0 Å². The van der Waals surface area contributed by atoms with Gasteiger partial charge in [-0.25, -0.2) is 0 Å². The van der Waals surface area contributed by atoms with Crippen LogP contribution in [0.15, 0.2) is 34.7 Å². The summed E-state index contributed by atoms with van der Waals surface area (Å²) in [4.78, 5) is 10.6. The number of hydrogen-bond donors (Lipinski definition) is 1. The van der Waals surface area contributed by atoms with E-state index in [9.17, 15) is 9.90 Å². The molecule has 0 aliphatic rings. The molecule has 1 heterocycles. The fourth-order valence-corrected chi connectivity index (χ4v) is 1.99. The van der Waals surface area contributed by atoms with E-state index in [4.69, 9.17) is 4.42 Å². The maximum Gasteiger partial charge on any atom is 0.185 e. The lowest BCUT2D eigenvalue weighted by Gasteiger charge is -2.24. The predicted molar refractivity (Wildman–Crippen MR) is 74.5 cm³/mol. The van der Waals surface area contributed by atoms with Crippen LogP contribution in [0.2, 0.25) is 0 Å². The molecule has 1 aromatic carbocycles. The zero-order chi connectivity index (χ0) is 14.0. The van der Waals surface area contributed by atoms with Gasteiger partial charge in [-0.2, -0.15) is 0 Å². The van der Waals surface area contributed by atoms with Crippen LogP contribution >= 0.6 is 0 Å². The Morgan fingerprint density at radius 1 is 1.26 bits per heavy atom. The Kier molecular flexibility index (Phi) is 3.47. The molecule has 0 bridgehead atoms. The van der Waals surface area contributed by atoms with E-state index < -0.39 is 0 Å². The number of phenols is 1. The molecule has 0 spiro atoms. The zero-order valence-corrected chi connectivity index (χ0v) is 11.4. The fourth-order valence-electron chi connectivity index (χ4n) is 1.99. The summed E-state index contributed by atoms with van der Waals surface area (Å²) in [6.45, 7) is 6.26. The SMILES string of the molecule is CCC(C)(C)c1cc(-c2ccc(C=O)o2)ccc1O. The van der Waals surface area contributed by atoms with Gasteiger partial charge >= 0.3 is 0 Å². The van der Waals surface area contributed by atoms with Crippen molar-refractivity contribution in [3.63, 3.8) is 0 Å². The molecule has 3 heteroatoms.